The zero-order valence-electron chi connectivity index (χ0n) is 15.0. The molecule has 6 heteroatoms. The third-order valence-corrected chi connectivity index (χ3v) is 5.09. The van der Waals surface area contributed by atoms with Gasteiger partial charge in [0.1, 0.15) is 5.82 Å². The predicted octanol–water partition coefficient (Wildman–Crippen LogP) is 3.22. The molecule has 1 aliphatic rings. The maximum Gasteiger partial charge on any atom is 0.151 e. The standard InChI is InChI=1S/C20H22ClN5/c1-25(2)12-11-18-23-24-19-13-22-20(14-7-3-5-9-16(14)21)15-8-4-6-10-17(15)26(18)19/h3-10,20,22H,11-13H2,1-2H3. The van der Waals surface area contributed by atoms with Crippen LogP contribution in [0.15, 0.2) is 48.5 Å². The molecule has 0 saturated carbocycles. The van der Waals surface area contributed by atoms with Crippen LogP contribution in [0.5, 0.6) is 0 Å². The Kier molecular flexibility index (Phi) is 4.76. The smallest absolute Gasteiger partial charge is 0.151 e. The molecular formula is C20H22ClN5. The Bertz CT molecular complexity index is 918. The molecule has 5 nitrogen and oxygen atoms in total. The second-order valence-corrected chi connectivity index (χ2v) is 7.22. The van der Waals surface area contributed by atoms with Gasteiger partial charge in [0.05, 0.1) is 18.3 Å². The number of hydrogen-bond acceptors (Lipinski definition) is 4. The van der Waals surface area contributed by atoms with Crippen molar-refractivity contribution < 1.29 is 0 Å². The van der Waals surface area contributed by atoms with E-state index in [2.05, 4.69) is 69.4 Å². The van der Waals surface area contributed by atoms with Crippen molar-refractivity contribution in [2.45, 2.75) is 19.0 Å². The van der Waals surface area contributed by atoms with Gasteiger partial charge in [-0.15, -0.1) is 10.2 Å². The van der Waals surface area contributed by atoms with Crippen LogP contribution in [0.1, 0.15) is 28.8 Å². The van der Waals surface area contributed by atoms with Crippen LogP contribution in [0.3, 0.4) is 0 Å². The molecular weight excluding hydrogens is 346 g/mol. The van der Waals surface area contributed by atoms with E-state index in [4.69, 9.17) is 11.6 Å². The van der Waals surface area contributed by atoms with Gasteiger partial charge in [0.25, 0.3) is 0 Å². The Labute approximate surface area is 158 Å². The summed E-state index contributed by atoms with van der Waals surface area (Å²) in [6.45, 7) is 1.57. The first-order chi connectivity index (χ1) is 12.6. The largest absolute Gasteiger partial charge is 0.309 e. The van der Waals surface area contributed by atoms with Gasteiger partial charge in [0.15, 0.2) is 5.82 Å². The molecule has 2 aromatic carbocycles. The fraction of sp³-hybridized carbons (Fsp3) is 0.300. The van der Waals surface area contributed by atoms with Crippen LogP contribution in [0.4, 0.5) is 0 Å². The van der Waals surface area contributed by atoms with E-state index < -0.39 is 0 Å². The summed E-state index contributed by atoms with van der Waals surface area (Å²) in [5.41, 5.74) is 3.39. The molecule has 134 valence electrons. The van der Waals surface area contributed by atoms with E-state index in [0.717, 1.165) is 40.9 Å². The van der Waals surface area contributed by atoms with Crippen molar-refractivity contribution in [1.82, 2.24) is 25.0 Å². The number of para-hydroxylation sites is 1. The number of halogens is 1. The minimum absolute atomic E-state index is 0.0169. The average molecular weight is 368 g/mol. The minimum atomic E-state index is 0.0169. The SMILES string of the molecule is CN(C)CCc1nnc2n1-c1ccccc1C(c1ccccc1Cl)NC2. The predicted molar refractivity (Wildman–Crippen MR) is 104 cm³/mol. The molecule has 0 saturated heterocycles. The Morgan fingerprint density at radius 2 is 1.81 bits per heavy atom. The molecule has 1 atom stereocenters. The number of nitrogens with zero attached hydrogens (tertiary/aromatic N) is 4. The van der Waals surface area contributed by atoms with Crippen LogP contribution < -0.4 is 5.32 Å². The van der Waals surface area contributed by atoms with Crippen molar-refractivity contribution in [2.24, 2.45) is 0 Å². The number of nitrogens with one attached hydrogen (secondary N) is 1. The second-order valence-electron chi connectivity index (χ2n) is 6.82. The Morgan fingerprint density at radius 1 is 1.08 bits per heavy atom. The first-order valence-corrected chi connectivity index (χ1v) is 9.18. The van der Waals surface area contributed by atoms with Gasteiger partial charge in [0, 0.05) is 18.0 Å². The first kappa shape index (κ1) is 17.2. The highest BCUT2D eigenvalue weighted by Gasteiger charge is 2.26. The molecule has 1 N–H and O–H groups in total. The highest BCUT2D eigenvalue weighted by Crippen LogP contribution is 2.34. The summed E-state index contributed by atoms with van der Waals surface area (Å²) >= 11 is 6.50. The van der Waals surface area contributed by atoms with Gasteiger partial charge >= 0.3 is 0 Å². The molecule has 1 unspecified atom stereocenters. The van der Waals surface area contributed by atoms with Gasteiger partial charge in [-0.1, -0.05) is 48.0 Å². The molecule has 4 rings (SSSR count). The molecule has 0 radical (unpaired) electrons. The summed E-state index contributed by atoms with van der Waals surface area (Å²) in [7, 11) is 4.14. The molecule has 3 aromatic rings. The van der Waals surface area contributed by atoms with Gasteiger partial charge in [0.2, 0.25) is 0 Å². The molecule has 2 heterocycles. The van der Waals surface area contributed by atoms with Crippen LogP contribution in [0, 0.1) is 0 Å². The summed E-state index contributed by atoms with van der Waals surface area (Å²) in [5, 5.41) is 13.3. The van der Waals surface area contributed by atoms with Gasteiger partial charge in [-0.05, 0) is 37.4 Å². The highest BCUT2D eigenvalue weighted by atomic mass is 35.5. The molecule has 0 amide bonds. The molecule has 26 heavy (non-hydrogen) atoms. The zero-order valence-corrected chi connectivity index (χ0v) is 15.7. The number of aromatic nitrogens is 3. The quantitative estimate of drug-likeness (QED) is 0.769. The molecule has 0 aliphatic carbocycles. The summed E-state index contributed by atoms with van der Waals surface area (Å²) in [5.74, 6) is 1.92. The van der Waals surface area contributed by atoms with E-state index in [1.165, 1.54) is 5.56 Å². The molecule has 1 aliphatic heterocycles. The van der Waals surface area contributed by atoms with Crippen molar-refractivity contribution in [3.05, 3.63) is 76.3 Å². The lowest BCUT2D eigenvalue weighted by molar-refractivity contribution is 0.408. The lowest BCUT2D eigenvalue weighted by atomic mass is 9.97. The number of fused-ring (bicyclic) bond motifs is 3. The molecule has 0 fully saturated rings. The van der Waals surface area contributed by atoms with E-state index in [1.807, 2.05) is 18.2 Å². The Balaban J connectivity index is 1.82. The van der Waals surface area contributed by atoms with Crippen LogP contribution in [0.2, 0.25) is 5.02 Å². The topological polar surface area (TPSA) is 46.0 Å². The van der Waals surface area contributed by atoms with Crippen molar-refractivity contribution in [3.8, 4) is 5.69 Å². The van der Waals surface area contributed by atoms with Gasteiger partial charge in [-0.2, -0.15) is 0 Å². The lowest BCUT2D eigenvalue weighted by Gasteiger charge is -2.20. The van der Waals surface area contributed by atoms with Crippen LogP contribution in [0.25, 0.3) is 5.69 Å². The summed E-state index contributed by atoms with van der Waals surface area (Å²) in [6, 6.07) is 16.4. The number of benzene rings is 2. The Morgan fingerprint density at radius 3 is 2.58 bits per heavy atom. The third kappa shape index (κ3) is 3.14. The average Bonchev–Trinajstić information content (AvgIpc) is 2.97. The van der Waals surface area contributed by atoms with Crippen molar-refractivity contribution in [2.75, 3.05) is 20.6 Å². The fourth-order valence-electron chi connectivity index (χ4n) is 3.46. The van der Waals surface area contributed by atoms with Gasteiger partial charge < -0.3 is 4.90 Å². The maximum absolute atomic E-state index is 6.50. The Hall–Kier alpha value is -2.21. The summed E-state index contributed by atoms with van der Waals surface area (Å²) in [4.78, 5) is 2.16. The van der Waals surface area contributed by atoms with Crippen LogP contribution in [-0.4, -0.2) is 40.3 Å². The monoisotopic (exact) mass is 367 g/mol. The van der Waals surface area contributed by atoms with Gasteiger partial charge in [-0.25, -0.2) is 0 Å². The zero-order chi connectivity index (χ0) is 18.1. The van der Waals surface area contributed by atoms with E-state index in [1.54, 1.807) is 0 Å². The van der Waals surface area contributed by atoms with E-state index >= 15 is 0 Å². The third-order valence-electron chi connectivity index (χ3n) is 4.75. The van der Waals surface area contributed by atoms with Gasteiger partial charge in [-0.3, -0.25) is 9.88 Å². The normalized spacial score (nSPS) is 16.2. The maximum atomic E-state index is 6.50. The number of hydrogen-bond donors (Lipinski definition) is 1. The molecule has 0 bridgehead atoms. The summed E-state index contributed by atoms with van der Waals surface area (Å²) < 4.78 is 2.20. The molecule has 1 aromatic heterocycles. The van der Waals surface area contributed by atoms with Crippen LogP contribution >= 0.6 is 11.6 Å². The highest BCUT2D eigenvalue weighted by molar-refractivity contribution is 6.31. The second kappa shape index (κ2) is 7.19. The van der Waals surface area contributed by atoms with Crippen LogP contribution in [-0.2, 0) is 13.0 Å². The number of likely N-dealkylation sites (N-methyl/N-ethyl adjacent to an activating group) is 1. The lowest BCUT2D eigenvalue weighted by Crippen LogP contribution is -2.21. The molecule has 0 spiro atoms. The van der Waals surface area contributed by atoms with Crippen molar-refractivity contribution >= 4 is 11.6 Å². The first-order valence-electron chi connectivity index (χ1n) is 8.80. The van der Waals surface area contributed by atoms with Crippen molar-refractivity contribution in [1.29, 1.82) is 0 Å². The van der Waals surface area contributed by atoms with E-state index in [9.17, 15) is 0 Å². The van der Waals surface area contributed by atoms with Crippen molar-refractivity contribution in [3.63, 3.8) is 0 Å². The number of rotatable bonds is 4. The fourth-order valence-corrected chi connectivity index (χ4v) is 3.70. The minimum Gasteiger partial charge on any atom is -0.309 e. The summed E-state index contributed by atoms with van der Waals surface area (Å²) in [6.07, 6.45) is 0.852. The van der Waals surface area contributed by atoms with E-state index in [0.29, 0.717) is 6.54 Å². The van der Waals surface area contributed by atoms with E-state index in [-0.39, 0.29) is 6.04 Å².